The van der Waals surface area contributed by atoms with E-state index in [2.05, 4.69) is 5.32 Å². The van der Waals surface area contributed by atoms with Crippen LogP contribution in [0.4, 0.5) is 5.69 Å². The van der Waals surface area contributed by atoms with Crippen LogP contribution in [0.3, 0.4) is 0 Å². The van der Waals surface area contributed by atoms with Crippen LogP contribution in [-0.4, -0.2) is 39.6 Å². The second-order valence-electron chi connectivity index (χ2n) is 5.83. The summed E-state index contributed by atoms with van der Waals surface area (Å²) < 4.78 is 0. The molecule has 3 amide bonds. The molecule has 8 nitrogen and oxygen atoms in total. The van der Waals surface area contributed by atoms with Crippen LogP contribution in [-0.2, 0) is 9.59 Å². The molecule has 1 N–H and O–H groups in total. The summed E-state index contributed by atoms with van der Waals surface area (Å²) >= 11 is 0. The van der Waals surface area contributed by atoms with E-state index >= 15 is 0 Å². The molecule has 0 unspecified atom stereocenters. The summed E-state index contributed by atoms with van der Waals surface area (Å²) in [4.78, 5) is 48.0. The number of carbonyl (C=O) groups is 3. The molecule has 0 spiro atoms. The monoisotopic (exact) mass is 317 g/mol. The third-order valence-electron chi connectivity index (χ3n) is 4.12. The van der Waals surface area contributed by atoms with Gasteiger partial charge in [0.2, 0.25) is 11.8 Å². The summed E-state index contributed by atoms with van der Waals surface area (Å²) in [6.45, 7) is 1.68. The fraction of sp³-hybridized carbons (Fsp3) is 0.400. The number of nitrogens with zero attached hydrogens (tertiary/aromatic N) is 2. The molecule has 1 saturated carbocycles. The van der Waals surface area contributed by atoms with Crippen LogP contribution in [0.15, 0.2) is 18.2 Å². The van der Waals surface area contributed by atoms with E-state index in [9.17, 15) is 24.5 Å². The van der Waals surface area contributed by atoms with Crippen molar-refractivity contribution in [3.8, 4) is 0 Å². The van der Waals surface area contributed by atoms with Crippen LogP contribution in [0, 0.1) is 17.0 Å². The summed E-state index contributed by atoms with van der Waals surface area (Å²) in [5.74, 6) is -1.34. The quantitative estimate of drug-likeness (QED) is 0.504. The fourth-order valence-electron chi connectivity index (χ4n) is 2.77. The number of hydrogen-bond acceptors (Lipinski definition) is 5. The van der Waals surface area contributed by atoms with Crippen molar-refractivity contribution in [2.75, 3.05) is 0 Å². The Bertz CT molecular complexity index is 726. The highest BCUT2D eigenvalue weighted by atomic mass is 16.6. The Hall–Kier alpha value is -2.77. The van der Waals surface area contributed by atoms with Crippen molar-refractivity contribution in [1.82, 2.24) is 10.2 Å². The highest BCUT2D eigenvalue weighted by molar-refractivity contribution is 6.08. The van der Waals surface area contributed by atoms with Crippen LogP contribution in [0.5, 0.6) is 0 Å². The average molecular weight is 317 g/mol. The molecule has 0 bridgehead atoms. The molecule has 0 radical (unpaired) electrons. The number of benzene rings is 1. The first kappa shape index (κ1) is 15.1. The number of non-ortho nitro benzene ring substituents is 1. The minimum atomic E-state index is -0.832. The standard InChI is InChI=1S/C15H15N3O5/c1-8-2-3-10(18(22)23)6-11(8)15(21)17(9-4-5-9)12-7-13(19)16-14(12)20/h2-3,6,9,12H,4-5,7H2,1H3,(H,16,19,20)/t12-/m0/s1. The predicted molar refractivity (Wildman–Crippen MR) is 78.6 cm³/mol. The number of carbonyl (C=O) groups excluding carboxylic acids is 3. The van der Waals surface area contributed by atoms with Crippen molar-refractivity contribution in [2.24, 2.45) is 0 Å². The van der Waals surface area contributed by atoms with E-state index < -0.39 is 28.7 Å². The molecule has 23 heavy (non-hydrogen) atoms. The first-order valence-electron chi connectivity index (χ1n) is 7.30. The smallest absolute Gasteiger partial charge is 0.270 e. The van der Waals surface area contributed by atoms with Crippen LogP contribution < -0.4 is 5.32 Å². The fourth-order valence-corrected chi connectivity index (χ4v) is 2.77. The van der Waals surface area contributed by atoms with E-state index in [1.54, 1.807) is 6.92 Å². The maximum atomic E-state index is 12.9. The minimum absolute atomic E-state index is 0.0605. The van der Waals surface area contributed by atoms with E-state index in [-0.39, 0.29) is 23.7 Å². The first-order chi connectivity index (χ1) is 10.9. The molecule has 1 aromatic rings. The van der Waals surface area contributed by atoms with Gasteiger partial charge in [-0.2, -0.15) is 0 Å². The zero-order valence-electron chi connectivity index (χ0n) is 12.4. The van der Waals surface area contributed by atoms with Crippen molar-refractivity contribution in [3.05, 3.63) is 39.4 Å². The maximum Gasteiger partial charge on any atom is 0.270 e. The van der Waals surface area contributed by atoms with Gasteiger partial charge in [0.05, 0.1) is 11.3 Å². The SMILES string of the molecule is Cc1ccc([N+](=O)[O-])cc1C(=O)N(C1CC1)[C@H]1CC(=O)NC1=O. The number of rotatable bonds is 4. The molecule has 8 heteroatoms. The van der Waals surface area contributed by atoms with E-state index in [0.29, 0.717) is 5.56 Å². The van der Waals surface area contributed by atoms with Crippen LogP contribution >= 0.6 is 0 Å². The van der Waals surface area contributed by atoms with Crippen molar-refractivity contribution in [3.63, 3.8) is 0 Å². The molecular formula is C15H15N3O5. The summed E-state index contributed by atoms with van der Waals surface area (Å²) in [7, 11) is 0. The molecule has 1 aliphatic heterocycles. The minimum Gasteiger partial charge on any atom is -0.323 e. The lowest BCUT2D eigenvalue weighted by molar-refractivity contribution is -0.384. The highest BCUT2D eigenvalue weighted by Gasteiger charge is 2.45. The van der Waals surface area contributed by atoms with Crippen molar-refractivity contribution >= 4 is 23.4 Å². The third kappa shape index (κ3) is 2.79. The topological polar surface area (TPSA) is 110 Å². The Kier molecular flexibility index (Phi) is 3.59. The maximum absolute atomic E-state index is 12.9. The van der Waals surface area contributed by atoms with Crippen molar-refractivity contribution in [1.29, 1.82) is 0 Å². The Morgan fingerprint density at radius 2 is 2.04 bits per heavy atom. The molecule has 1 aromatic carbocycles. The lowest BCUT2D eigenvalue weighted by Gasteiger charge is -2.27. The lowest BCUT2D eigenvalue weighted by Crippen LogP contribution is -2.46. The second kappa shape index (κ2) is 5.45. The van der Waals surface area contributed by atoms with Gasteiger partial charge >= 0.3 is 0 Å². The van der Waals surface area contributed by atoms with Crippen LogP contribution in [0.25, 0.3) is 0 Å². The van der Waals surface area contributed by atoms with Gasteiger partial charge in [0, 0.05) is 23.7 Å². The zero-order chi connectivity index (χ0) is 16.7. The summed E-state index contributed by atoms with van der Waals surface area (Å²) in [6, 6.07) is 3.14. The number of nitro benzene ring substituents is 1. The normalized spacial score (nSPS) is 20.3. The Balaban J connectivity index is 1.96. The largest absolute Gasteiger partial charge is 0.323 e. The molecule has 3 rings (SSSR count). The number of hydrogen-bond donors (Lipinski definition) is 1. The zero-order valence-corrected chi connectivity index (χ0v) is 12.4. The van der Waals surface area contributed by atoms with E-state index in [4.69, 9.17) is 0 Å². The second-order valence-corrected chi connectivity index (χ2v) is 5.83. The Morgan fingerprint density at radius 3 is 2.57 bits per heavy atom. The molecule has 1 heterocycles. The third-order valence-corrected chi connectivity index (χ3v) is 4.12. The van der Waals surface area contributed by atoms with Crippen molar-refractivity contribution < 1.29 is 19.3 Å². The van der Waals surface area contributed by atoms with Gasteiger partial charge in [0.25, 0.3) is 11.6 Å². The van der Waals surface area contributed by atoms with Gasteiger partial charge in [0.15, 0.2) is 0 Å². The van der Waals surface area contributed by atoms with Gasteiger partial charge in [-0.25, -0.2) is 0 Å². The van der Waals surface area contributed by atoms with Gasteiger partial charge in [-0.1, -0.05) is 6.07 Å². The number of nitro groups is 1. The lowest BCUT2D eigenvalue weighted by atomic mass is 10.0. The van der Waals surface area contributed by atoms with Gasteiger partial charge in [-0.3, -0.25) is 29.8 Å². The molecule has 0 aromatic heterocycles. The number of imide groups is 1. The van der Waals surface area contributed by atoms with Crippen LogP contribution in [0.1, 0.15) is 35.2 Å². The van der Waals surface area contributed by atoms with E-state index in [1.165, 1.54) is 23.1 Å². The van der Waals surface area contributed by atoms with Gasteiger partial charge < -0.3 is 4.90 Å². The van der Waals surface area contributed by atoms with E-state index in [0.717, 1.165) is 12.8 Å². The number of nitrogens with one attached hydrogen (secondary N) is 1. The number of amides is 3. The van der Waals surface area contributed by atoms with Crippen LogP contribution in [0.2, 0.25) is 0 Å². The predicted octanol–water partition coefficient (Wildman–Crippen LogP) is 0.923. The molecule has 1 atom stereocenters. The summed E-state index contributed by atoms with van der Waals surface area (Å²) in [6.07, 6.45) is 1.46. The van der Waals surface area contributed by atoms with Crippen molar-refractivity contribution in [2.45, 2.75) is 38.3 Å². The molecule has 120 valence electrons. The number of aryl methyl sites for hydroxylation is 1. The molecule has 2 fully saturated rings. The molecular weight excluding hydrogens is 302 g/mol. The molecule has 2 aliphatic rings. The van der Waals surface area contributed by atoms with Gasteiger partial charge in [0.1, 0.15) is 6.04 Å². The summed E-state index contributed by atoms with van der Waals surface area (Å²) in [5.41, 5.74) is 0.607. The Labute approximate surface area is 131 Å². The highest BCUT2D eigenvalue weighted by Crippen LogP contribution is 2.33. The first-order valence-corrected chi connectivity index (χ1v) is 7.30. The molecule has 1 aliphatic carbocycles. The van der Waals surface area contributed by atoms with Gasteiger partial charge in [-0.15, -0.1) is 0 Å². The molecule has 1 saturated heterocycles. The Morgan fingerprint density at radius 1 is 1.35 bits per heavy atom. The summed E-state index contributed by atoms with van der Waals surface area (Å²) in [5, 5.41) is 13.1. The van der Waals surface area contributed by atoms with Gasteiger partial charge in [-0.05, 0) is 25.3 Å². The average Bonchev–Trinajstić information content (AvgIpc) is 3.25. The van der Waals surface area contributed by atoms with E-state index in [1.807, 2.05) is 0 Å².